The molecule has 0 saturated heterocycles. The summed E-state index contributed by atoms with van der Waals surface area (Å²) in [7, 11) is 1.68. The van der Waals surface area contributed by atoms with E-state index >= 15 is 0 Å². The Hall–Kier alpha value is -2.11. The van der Waals surface area contributed by atoms with Gasteiger partial charge in [0.2, 0.25) is 5.91 Å². The van der Waals surface area contributed by atoms with Gasteiger partial charge in [0.25, 0.3) is 0 Å². The van der Waals surface area contributed by atoms with Crippen LogP contribution in [0.2, 0.25) is 5.02 Å². The minimum absolute atomic E-state index is 0.0880. The molecule has 1 aromatic heterocycles. The lowest BCUT2D eigenvalue weighted by Crippen LogP contribution is -2.14. The van der Waals surface area contributed by atoms with Crippen molar-refractivity contribution in [3.05, 3.63) is 53.2 Å². The minimum atomic E-state index is -0.0880. The highest BCUT2D eigenvalue weighted by Crippen LogP contribution is 2.12. The fourth-order valence-corrected chi connectivity index (χ4v) is 2.12. The third kappa shape index (κ3) is 6.26. The number of halogens is 1. The van der Waals surface area contributed by atoms with Crippen LogP contribution in [-0.2, 0) is 16.0 Å². The summed E-state index contributed by atoms with van der Waals surface area (Å²) in [5, 5.41) is 6.67. The maximum absolute atomic E-state index is 12.0. The summed E-state index contributed by atoms with van der Waals surface area (Å²) in [5.74, 6) is 0.687. The molecule has 1 amide bonds. The van der Waals surface area contributed by atoms with Crippen molar-refractivity contribution in [2.45, 2.75) is 12.8 Å². The first-order chi connectivity index (χ1) is 11.2. The van der Waals surface area contributed by atoms with E-state index in [-0.39, 0.29) is 5.91 Å². The number of hydrogen-bond donors (Lipinski definition) is 2. The molecule has 0 fully saturated rings. The Kier molecular flexibility index (Phi) is 6.84. The number of carbonyl (C=O) groups is 1. The topological polar surface area (TPSA) is 63.2 Å². The zero-order valence-electron chi connectivity index (χ0n) is 13.0. The summed E-state index contributed by atoms with van der Waals surface area (Å²) in [4.78, 5) is 16.3. The molecule has 2 aromatic rings. The van der Waals surface area contributed by atoms with Gasteiger partial charge in [-0.05, 0) is 36.2 Å². The number of benzene rings is 1. The van der Waals surface area contributed by atoms with Crippen LogP contribution in [0, 0.1) is 0 Å². The number of hydrogen-bond acceptors (Lipinski definition) is 4. The zero-order chi connectivity index (χ0) is 16.5. The molecular weight excluding hydrogens is 314 g/mol. The average molecular weight is 334 g/mol. The Balaban J connectivity index is 1.80. The van der Waals surface area contributed by atoms with Crippen LogP contribution in [0.15, 0.2) is 42.6 Å². The maximum atomic E-state index is 12.0. The van der Waals surface area contributed by atoms with E-state index in [9.17, 15) is 4.79 Å². The summed E-state index contributed by atoms with van der Waals surface area (Å²) in [5.41, 5.74) is 1.59. The van der Waals surface area contributed by atoms with E-state index in [2.05, 4.69) is 15.6 Å². The van der Waals surface area contributed by atoms with Crippen LogP contribution >= 0.6 is 11.6 Å². The number of rotatable bonds is 8. The van der Waals surface area contributed by atoms with Gasteiger partial charge in [0, 0.05) is 25.3 Å². The van der Waals surface area contributed by atoms with Crippen molar-refractivity contribution in [3.63, 3.8) is 0 Å². The molecule has 6 heteroatoms. The molecule has 122 valence electrons. The highest BCUT2D eigenvalue weighted by atomic mass is 35.5. The summed E-state index contributed by atoms with van der Waals surface area (Å²) >= 11 is 5.82. The third-order valence-electron chi connectivity index (χ3n) is 3.16. The Morgan fingerprint density at radius 3 is 2.65 bits per heavy atom. The normalized spacial score (nSPS) is 10.3. The molecule has 0 saturated carbocycles. The largest absolute Gasteiger partial charge is 0.385 e. The van der Waals surface area contributed by atoms with E-state index in [1.165, 1.54) is 0 Å². The Labute approximate surface area is 141 Å². The Bertz CT molecular complexity index is 615. The van der Waals surface area contributed by atoms with E-state index in [0.29, 0.717) is 23.7 Å². The van der Waals surface area contributed by atoms with Crippen LogP contribution in [0.4, 0.5) is 11.5 Å². The second-order valence-electron chi connectivity index (χ2n) is 5.06. The van der Waals surface area contributed by atoms with Gasteiger partial charge in [-0.1, -0.05) is 23.7 Å². The van der Waals surface area contributed by atoms with Crippen molar-refractivity contribution in [2.75, 3.05) is 30.9 Å². The molecule has 1 aromatic carbocycles. The molecule has 0 aliphatic carbocycles. The molecule has 2 N–H and O–H groups in total. The van der Waals surface area contributed by atoms with Gasteiger partial charge in [-0.3, -0.25) is 4.79 Å². The molecule has 5 nitrogen and oxygen atoms in total. The monoisotopic (exact) mass is 333 g/mol. The first-order valence-corrected chi connectivity index (χ1v) is 7.78. The third-order valence-corrected chi connectivity index (χ3v) is 3.41. The number of nitrogens with one attached hydrogen (secondary N) is 2. The SMILES string of the molecule is COCCCNc1ccc(NC(=O)Cc2ccc(Cl)cc2)cn1. The van der Waals surface area contributed by atoms with Gasteiger partial charge >= 0.3 is 0 Å². The number of anilines is 2. The molecule has 0 unspecified atom stereocenters. The van der Waals surface area contributed by atoms with Gasteiger partial charge in [-0.2, -0.15) is 0 Å². The van der Waals surface area contributed by atoms with Crippen LogP contribution < -0.4 is 10.6 Å². The van der Waals surface area contributed by atoms with Gasteiger partial charge in [0.15, 0.2) is 0 Å². The van der Waals surface area contributed by atoms with Crippen molar-refractivity contribution in [1.82, 2.24) is 4.98 Å². The van der Waals surface area contributed by atoms with Crippen molar-refractivity contribution in [3.8, 4) is 0 Å². The number of methoxy groups -OCH3 is 1. The maximum Gasteiger partial charge on any atom is 0.228 e. The first kappa shape index (κ1) is 17.2. The molecule has 0 aliphatic heterocycles. The van der Waals surface area contributed by atoms with Crippen molar-refractivity contribution in [2.24, 2.45) is 0 Å². The minimum Gasteiger partial charge on any atom is -0.385 e. The van der Waals surface area contributed by atoms with Crippen LogP contribution in [0.25, 0.3) is 0 Å². The summed E-state index contributed by atoms with van der Waals surface area (Å²) in [6.45, 7) is 1.51. The standard InChI is InChI=1S/C17H20ClN3O2/c1-23-10-2-9-19-16-8-7-15(12-20-16)21-17(22)11-13-3-5-14(18)6-4-13/h3-8,12H,2,9-11H2,1H3,(H,19,20)(H,21,22). The van der Waals surface area contributed by atoms with Gasteiger partial charge < -0.3 is 15.4 Å². The van der Waals surface area contributed by atoms with E-state index in [4.69, 9.17) is 16.3 Å². The highest BCUT2D eigenvalue weighted by Gasteiger charge is 2.05. The molecule has 0 radical (unpaired) electrons. The smallest absolute Gasteiger partial charge is 0.228 e. The van der Waals surface area contributed by atoms with Crippen LogP contribution in [0.1, 0.15) is 12.0 Å². The lowest BCUT2D eigenvalue weighted by molar-refractivity contribution is -0.115. The second-order valence-corrected chi connectivity index (χ2v) is 5.49. The van der Waals surface area contributed by atoms with E-state index in [1.807, 2.05) is 24.3 Å². The lowest BCUT2D eigenvalue weighted by atomic mass is 10.1. The summed E-state index contributed by atoms with van der Waals surface area (Å²) in [6, 6.07) is 10.9. The average Bonchev–Trinajstić information content (AvgIpc) is 2.55. The molecule has 0 spiro atoms. The Morgan fingerprint density at radius 2 is 2.00 bits per heavy atom. The van der Waals surface area contributed by atoms with Gasteiger partial charge in [-0.15, -0.1) is 0 Å². The lowest BCUT2D eigenvalue weighted by Gasteiger charge is -2.08. The quantitative estimate of drug-likeness (QED) is 0.727. The zero-order valence-corrected chi connectivity index (χ0v) is 13.8. The molecule has 0 aliphatic rings. The van der Waals surface area contributed by atoms with E-state index in [1.54, 1.807) is 25.4 Å². The van der Waals surface area contributed by atoms with Gasteiger partial charge in [0.05, 0.1) is 18.3 Å². The molecule has 0 atom stereocenters. The van der Waals surface area contributed by atoms with Crippen molar-refractivity contribution < 1.29 is 9.53 Å². The molecular formula is C17H20ClN3O2. The molecule has 2 rings (SSSR count). The highest BCUT2D eigenvalue weighted by molar-refractivity contribution is 6.30. The number of amides is 1. The molecule has 1 heterocycles. The first-order valence-electron chi connectivity index (χ1n) is 7.40. The number of carbonyl (C=O) groups excluding carboxylic acids is 1. The van der Waals surface area contributed by atoms with Crippen molar-refractivity contribution >= 4 is 29.0 Å². The number of ether oxygens (including phenoxy) is 1. The number of aromatic nitrogens is 1. The van der Waals surface area contributed by atoms with E-state index in [0.717, 1.165) is 24.3 Å². The fraction of sp³-hybridized carbons (Fsp3) is 0.294. The predicted molar refractivity (Wildman–Crippen MR) is 93.0 cm³/mol. The van der Waals surface area contributed by atoms with Gasteiger partial charge in [-0.25, -0.2) is 4.98 Å². The molecule has 23 heavy (non-hydrogen) atoms. The molecule has 0 bridgehead atoms. The predicted octanol–water partition coefficient (Wildman–Crippen LogP) is 3.36. The van der Waals surface area contributed by atoms with E-state index < -0.39 is 0 Å². The van der Waals surface area contributed by atoms with Gasteiger partial charge in [0.1, 0.15) is 5.82 Å². The van der Waals surface area contributed by atoms with Crippen molar-refractivity contribution in [1.29, 1.82) is 0 Å². The summed E-state index contributed by atoms with van der Waals surface area (Å²) in [6.07, 6.45) is 2.85. The van der Waals surface area contributed by atoms with Crippen LogP contribution in [0.5, 0.6) is 0 Å². The number of nitrogens with zero attached hydrogens (tertiary/aromatic N) is 1. The van der Waals surface area contributed by atoms with Crippen LogP contribution in [-0.4, -0.2) is 31.2 Å². The Morgan fingerprint density at radius 1 is 1.22 bits per heavy atom. The summed E-state index contributed by atoms with van der Waals surface area (Å²) < 4.78 is 4.98. The number of pyridine rings is 1. The van der Waals surface area contributed by atoms with Crippen LogP contribution in [0.3, 0.4) is 0 Å². The second kappa shape index (κ2) is 9.12. The fourth-order valence-electron chi connectivity index (χ4n) is 2.00.